The van der Waals surface area contributed by atoms with E-state index in [4.69, 9.17) is 9.47 Å². The van der Waals surface area contributed by atoms with Gasteiger partial charge in [0.1, 0.15) is 0 Å². The number of methoxy groups -OCH3 is 2. The highest BCUT2D eigenvalue weighted by atomic mass is 16.5. The second-order valence-electron chi connectivity index (χ2n) is 7.72. The molecule has 1 fully saturated rings. The van der Waals surface area contributed by atoms with E-state index in [0.717, 1.165) is 17.4 Å². The van der Waals surface area contributed by atoms with Gasteiger partial charge in [0.2, 0.25) is 0 Å². The lowest BCUT2D eigenvalue weighted by Gasteiger charge is -2.54. The zero-order chi connectivity index (χ0) is 15.3. The van der Waals surface area contributed by atoms with E-state index >= 15 is 0 Å². The van der Waals surface area contributed by atoms with Crippen molar-refractivity contribution < 1.29 is 9.47 Å². The van der Waals surface area contributed by atoms with Gasteiger partial charge in [0.05, 0.1) is 14.2 Å². The number of ether oxygens (including phenoxy) is 2. The van der Waals surface area contributed by atoms with Gasteiger partial charge in [-0.05, 0) is 65.7 Å². The van der Waals surface area contributed by atoms with Crippen molar-refractivity contribution in [1.82, 2.24) is 0 Å². The van der Waals surface area contributed by atoms with Crippen LogP contribution in [0.25, 0.3) is 0 Å². The minimum absolute atomic E-state index is 0.287. The van der Waals surface area contributed by atoms with E-state index < -0.39 is 0 Å². The summed E-state index contributed by atoms with van der Waals surface area (Å²) in [5, 5.41) is 0. The standard InChI is InChI=1S/C19H28O2/c1-18(2)9-6-10-19(3)14-12-16(21-5)15(20-4)11-13(14)7-8-17(18)19/h11-12,17H,6-10H2,1-5H3/t17-,19-/m1/s1. The van der Waals surface area contributed by atoms with Crippen LogP contribution in [0.15, 0.2) is 12.1 Å². The van der Waals surface area contributed by atoms with Gasteiger partial charge in [0, 0.05) is 0 Å². The third-order valence-electron chi connectivity index (χ3n) is 6.16. The highest BCUT2D eigenvalue weighted by molar-refractivity contribution is 5.51. The summed E-state index contributed by atoms with van der Waals surface area (Å²) in [7, 11) is 3.46. The average Bonchev–Trinajstić information content (AvgIpc) is 2.45. The van der Waals surface area contributed by atoms with Gasteiger partial charge in [-0.25, -0.2) is 0 Å². The van der Waals surface area contributed by atoms with E-state index in [1.54, 1.807) is 14.2 Å². The van der Waals surface area contributed by atoms with E-state index in [1.165, 1.54) is 43.2 Å². The summed E-state index contributed by atoms with van der Waals surface area (Å²) in [6.45, 7) is 7.39. The van der Waals surface area contributed by atoms with Crippen LogP contribution in [-0.2, 0) is 11.8 Å². The summed E-state index contributed by atoms with van der Waals surface area (Å²) in [6.07, 6.45) is 6.44. The lowest BCUT2D eigenvalue weighted by atomic mass is 9.50. The van der Waals surface area contributed by atoms with Gasteiger partial charge in [-0.3, -0.25) is 0 Å². The Kier molecular flexibility index (Phi) is 3.46. The lowest BCUT2D eigenvalue weighted by Crippen LogP contribution is -2.47. The molecule has 0 spiro atoms. The van der Waals surface area contributed by atoms with Crippen LogP contribution in [0.5, 0.6) is 11.5 Å². The van der Waals surface area contributed by atoms with Gasteiger partial charge >= 0.3 is 0 Å². The average molecular weight is 288 g/mol. The van der Waals surface area contributed by atoms with Crippen molar-refractivity contribution >= 4 is 0 Å². The van der Waals surface area contributed by atoms with E-state index in [-0.39, 0.29) is 5.41 Å². The second kappa shape index (κ2) is 4.93. The van der Waals surface area contributed by atoms with Crippen LogP contribution in [0.3, 0.4) is 0 Å². The molecule has 2 atom stereocenters. The molecule has 0 amide bonds. The van der Waals surface area contributed by atoms with Gasteiger partial charge < -0.3 is 9.47 Å². The molecule has 0 aliphatic heterocycles. The highest BCUT2D eigenvalue weighted by Crippen LogP contribution is 2.57. The Labute approximate surface area is 128 Å². The first kappa shape index (κ1) is 14.7. The van der Waals surface area contributed by atoms with Crippen LogP contribution in [-0.4, -0.2) is 14.2 Å². The van der Waals surface area contributed by atoms with Crippen molar-refractivity contribution in [2.75, 3.05) is 14.2 Å². The predicted molar refractivity (Wildman–Crippen MR) is 86.3 cm³/mol. The first-order valence-electron chi connectivity index (χ1n) is 8.18. The van der Waals surface area contributed by atoms with Gasteiger partial charge in [-0.15, -0.1) is 0 Å². The van der Waals surface area contributed by atoms with E-state index in [2.05, 4.69) is 32.9 Å². The molecule has 0 heterocycles. The first-order valence-corrected chi connectivity index (χ1v) is 8.18. The summed E-state index contributed by atoms with van der Waals surface area (Å²) in [4.78, 5) is 0. The number of hydrogen-bond donors (Lipinski definition) is 0. The van der Waals surface area contributed by atoms with Crippen molar-refractivity contribution in [3.8, 4) is 11.5 Å². The van der Waals surface area contributed by atoms with Gasteiger partial charge in [0.25, 0.3) is 0 Å². The summed E-state index contributed by atoms with van der Waals surface area (Å²) in [5.74, 6) is 2.51. The predicted octanol–water partition coefficient (Wildman–Crippen LogP) is 4.73. The zero-order valence-corrected chi connectivity index (χ0v) is 14.1. The fourth-order valence-corrected chi connectivity index (χ4v) is 5.11. The molecule has 0 unspecified atom stereocenters. The molecule has 0 saturated heterocycles. The SMILES string of the molecule is COc1cc2c(cc1OC)[C@@]1(C)CCCC(C)(C)[C@H]1CC2. The Morgan fingerprint density at radius 1 is 1.00 bits per heavy atom. The molecule has 21 heavy (non-hydrogen) atoms. The van der Waals surface area contributed by atoms with Crippen LogP contribution in [0.1, 0.15) is 57.6 Å². The Bertz CT molecular complexity index is 547. The summed E-state index contributed by atoms with van der Waals surface area (Å²) >= 11 is 0. The third kappa shape index (κ3) is 2.15. The maximum Gasteiger partial charge on any atom is 0.161 e. The Morgan fingerprint density at radius 2 is 1.67 bits per heavy atom. The monoisotopic (exact) mass is 288 g/mol. The Hall–Kier alpha value is -1.18. The molecule has 0 aromatic heterocycles. The molecular formula is C19H28O2. The molecule has 116 valence electrons. The molecule has 2 aliphatic carbocycles. The molecule has 1 aromatic rings. The molecule has 0 radical (unpaired) electrons. The van der Waals surface area contributed by atoms with E-state index in [0.29, 0.717) is 5.41 Å². The van der Waals surface area contributed by atoms with Gasteiger partial charge in [-0.2, -0.15) is 0 Å². The fraction of sp³-hybridized carbons (Fsp3) is 0.684. The number of benzene rings is 1. The van der Waals surface area contributed by atoms with Crippen LogP contribution >= 0.6 is 0 Å². The van der Waals surface area contributed by atoms with Crippen LogP contribution in [0, 0.1) is 11.3 Å². The molecule has 2 aliphatic rings. The normalized spacial score (nSPS) is 30.2. The van der Waals surface area contributed by atoms with E-state index in [9.17, 15) is 0 Å². The molecule has 2 nitrogen and oxygen atoms in total. The first-order chi connectivity index (χ1) is 9.92. The Balaban J connectivity index is 2.13. The lowest BCUT2D eigenvalue weighted by molar-refractivity contribution is 0.0405. The molecule has 3 rings (SSSR count). The van der Waals surface area contributed by atoms with Gasteiger partial charge in [0.15, 0.2) is 11.5 Å². The number of fused-ring (bicyclic) bond motifs is 3. The molecule has 1 aromatic carbocycles. The minimum atomic E-state index is 0.287. The Morgan fingerprint density at radius 3 is 2.33 bits per heavy atom. The quantitative estimate of drug-likeness (QED) is 0.783. The second-order valence-corrected chi connectivity index (χ2v) is 7.72. The van der Waals surface area contributed by atoms with Crippen molar-refractivity contribution in [3.05, 3.63) is 23.3 Å². The minimum Gasteiger partial charge on any atom is -0.493 e. The van der Waals surface area contributed by atoms with Crippen LogP contribution < -0.4 is 9.47 Å². The molecule has 0 N–H and O–H groups in total. The highest BCUT2D eigenvalue weighted by Gasteiger charge is 2.49. The largest absolute Gasteiger partial charge is 0.493 e. The molecule has 0 bridgehead atoms. The third-order valence-corrected chi connectivity index (χ3v) is 6.16. The summed E-state index contributed by atoms with van der Waals surface area (Å²) in [5.41, 5.74) is 3.69. The van der Waals surface area contributed by atoms with Crippen LogP contribution in [0.2, 0.25) is 0 Å². The maximum absolute atomic E-state index is 5.55. The molecule has 2 heteroatoms. The van der Waals surface area contributed by atoms with Gasteiger partial charge in [-0.1, -0.05) is 27.2 Å². The van der Waals surface area contributed by atoms with E-state index in [1.807, 2.05) is 0 Å². The van der Waals surface area contributed by atoms with Crippen molar-refractivity contribution in [1.29, 1.82) is 0 Å². The summed E-state index contributed by atoms with van der Waals surface area (Å²) < 4.78 is 11.0. The maximum atomic E-state index is 5.55. The number of aryl methyl sites for hydroxylation is 1. The summed E-state index contributed by atoms with van der Waals surface area (Å²) in [6, 6.07) is 4.46. The molecular weight excluding hydrogens is 260 g/mol. The van der Waals surface area contributed by atoms with Crippen molar-refractivity contribution in [2.24, 2.45) is 11.3 Å². The zero-order valence-electron chi connectivity index (χ0n) is 14.1. The topological polar surface area (TPSA) is 18.5 Å². The van der Waals surface area contributed by atoms with Crippen molar-refractivity contribution in [2.45, 2.75) is 58.3 Å². The smallest absolute Gasteiger partial charge is 0.161 e. The van der Waals surface area contributed by atoms with Crippen LogP contribution in [0.4, 0.5) is 0 Å². The number of hydrogen-bond acceptors (Lipinski definition) is 2. The number of rotatable bonds is 2. The fourth-order valence-electron chi connectivity index (χ4n) is 5.11. The van der Waals surface area contributed by atoms with Crippen molar-refractivity contribution in [3.63, 3.8) is 0 Å². The molecule has 1 saturated carbocycles.